The predicted octanol–water partition coefficient (Wildman–Crippen LogP) is 1.83. The minimum absolute atomic E-state index is 0.0144. The van der Waals surface area contributed by atoms with E-state index in [0.717, 1.165) is 6.92 Å². The number of alkyl halides is 2. The number of aromatic nitrogens is 2. The number of imidazole rings is 1. The molecule has 0 saturated carbocycles. The summed E-state index contributed by atoms with van der Waals surface area (Å²) >= 11 is 0. The van der Waals surface area contributed by atoms with Crippen LogP contribution in [0.2, 0.25) is 0 Å². The summed E-state index contributed by atoms with van der Waals surface area (Å²) in [5.41, 5.74) is 0. The van der Waals surface area contributed by atoms with Crippen molar-refractivity contribution in [2.75, 3.05) is 13.6 Å². The van der Waals surface area contributed by atoms with Crippen LogP contribution in [0.3, 0.4) is 0 Å². The van der Waals surface area contributed by atoms with Crippen molar-refractivity contribution in [2.24, 2.45) is 0 Å². The third kappa shape index (κ3) is 3.65. The standard InChI is InChI=1S/C9H13F2N3O/c1-9(10,11)3-5-13(2)8(15)14-6-4-12-7-14/h4,6-7H,3,5H2,1-2H3. The summed E-state index contributed by atoms with van der Waals surface area (Å²) in [4.78, 5) is 16.5. The lowest BCUT2D eigenvalue weighted by Gasteiger charge is -2.19. The van der Waals surface area contributed by atoms with Gasteiger partial charge in [0.05, 0.1) is 0 Å². The average molecular weight is 217 g/mol. The summed E-state index contributed by atoms with van der Waals surface area (Å²) in [6.07, 6.45) is 3.93. The zero-order valence-electron chi connectivity index (χ0n) is 8.65. The van der Waals surface area contributed by atoms with Crippen molar-refractivity contribution in [2.45, 2.75) is 19.3 Å². The summed E-state index contributed by atoms with van der Waals surface area (Å²) in [5, 5.41) is 0. The molecule has 0 aliphatic carbocycles. The number of carbonyl (C=O) groups is 1. The summed E-state index contributed by atoms with van der Waals surface area (Å²) < 4.78 is 26.3. The number of hydrogen-bond donors (Lipinski definition) is 0. The van der Waals surface area contributed by atoms with Gasteiger partial charge in [-0.2, -0.15) is 0 Å². The van der Waals surface area contributed by atoms with E-state index < -0.39 is 5.92 Å². The van der Waals surface area contributed by atoms with Gasteiger partial charge in [0.15, 0.2) is 0 Å². The van der Waals surface area contributed by atoms with Gasteiger partial charge in [-0.25, -0.2) is 18.6 Å². The van der Waals surface area contributed by atoms with Crippen LogP contribution in [0.4, 0.5) is 13.6 Å². The lowest BCUT2D eigenvalue weighted by atomic mass is 10.2. The van der Waals surface area contributed by atoms with E-state index in [4.69, 9.17) is 0 Å². The van der Waals surface area contributed by atoms with Crippen LogP contribution in [-0.4, -0.2) is 40.0 Å². The predicted molar refractivity (Wildman–Crippen MR) is 50.9 cm³/mol. The van der Waals surface area contributed by atoms with Gasteiger partial charge in [0.25, 0.3) is 0 Å². The van der Waals surface area contributed by atoms with E-state index in [1.807, 2.05) is 0 Å². The summed E-state index contributed by atoms with van der Waals surface area (Å²) in [7, 11) is 1.48. The largest absolute Gasteiger partial charge is 0.329 e. The van der Waals surface area contributed by atoms with E-state index in [1.54, 1.807) is 0 Å². The lowest BCUT2D eigenvalue weighted by molar-refractivity contribution is 0.00790. The molecule has 0 aromatic carbocycles. The second-order valence-electron chi connectivity index (χ2n) is 3.49. The van der Waals surface area contributed by atoms with Crippen LogP contribution in [0.25, 0.3) is 0 Å². The Bertz CT molecular complexity index is 319. The number of nitrogens with zero attached hydrogens (tertiary/aromatic N) is 3. The molecular weight excluding hydrogens is 204 g/mol. The van der Waals surface area contributed by atoms with Crippen LogP contribution in [-0.2, 0) is 0 Å². The van der Waals surface area contributed by atoms with Gasteiger partial charge < -0.3 is 4.90 Å². The highest BCUT2D eigenvalue weighted by molar-refractivity contribution is 5.76. The van der Waals surface area contributed by atoms with Crippen molar-refractivity contribution in [1.29, 1.82) is 0 Å². The van der Waals surface area contributed by atoms with E-state index >= 15 is 0 Å². The number of carbonyl (C=O) groups excluding carboxylic acids is 1. The molecular formula is C9H13F2N3O. The number of amides is 1. The first kappa shape index (κ1) is 11.6. The highest BCUT2D eigenvalue weighted by Crippen LogP contribution is 2.16. The van der Waals surface area contributed by atoms with Crippen molar-refractivity contribution in [3.8, 4) is 0 Å². The number of halogens is 2. The Kier molecular flexibility index (Phi) is 3.39. The molecule has 1 amide bonds. The monoisotopic (exact) mass is 217 g/mol. The smallest absolute Gasteiger partial charge is 0.327 e. The molecule has 84 valence electrons. The van der Waals surface area contributed by atoms with Gasteiger partial charge in [-0.15, -0.1) is 0 Å². The lowest BCUT2D eigenvalue weighted by Crippen LogP contribution is -2.33. The minimum atomic E-state index is -2.75. The van der Waals surface area contributed by atoms with E-state index in [2.05, 4.69) is 4.98 Å². The summed E-state index contributed by atoms with van der Waals surface area (Å²) in [6, 6.07) is -0.364. The summed E-state index contributed by atoms with van der Waals surface area (Å²) in [5.74, 6) is -2.75. The zero-order valence-corrected chi connectivity index (χ0v) is 8.65. The fourth-order valence-electron chi connectivity index (χ4n) is 1.03. The third-order valence-electron chi connectivity index (χ3n) is 1.94. The quantitative estimate of drug-likeness (QED) is 0.774. The molecule has 1 heterocycles. The van der Waals surface area contributed by atoms with Crippen molar-refractivity contribution >= 4 is 6.03 Å². The van der Waals surface area contributed by atoms with Gasteiger partial charge in [0.1, 0.15) is 6.33 Å². The van der Waals surface area contributed by atoms with Crippen LogP contribution < -0.4 is 0 Å². The molecule has 6 heteroatoms. The molecule has 0 N–H and O–H groups in total. The Labute approximate surface area is 86.5 Å². The molecule has 0 aliphatic heterocycles. The van der Waals surface area contributed by atoms with Gasteiger partial charge in [-0.3, -0.25) is 4.57 Å². The van der Waals surface area contributed by atoms with Crippen LogP contribution >= 0.6 is 0 Å². The molecule has 1 aromatic rings. The molecule has 1 rings (SSSR count). The Morgan fingerprint density at radius 2 is 2.27 bits per heavy atom. The number of rotatable bonds is 3. The van der Waals surface area contributed by atoms with Crippen molar-refractivity contribution < 1.29 is 13.6 Å². The molecule has 0 bridgehead atoms. The molecule has 0 atom stereocenters. The van der Waals surface area contributed by atoms with Crippen molar-refractivity contribution in [3.05, 3.63) is 18.7 Å². The molecule has 1 aromatic heterocycles. The topological polar surface area (TPSA) is 38.1 Å². The molecule has 0 spiro atoms. The summed E-state index contributed by atoms with van der Waals surface area (Å²) in [6.45, 7) is 0.850. The molecule has 0 aliphatic rings. The normalized spacial score (nSPS) is 11.5. The van der Waals surface area contributed by atoms with Gasteiger partial charge in [-0.1, -0.05) is 0 Å². The van der Waals surface area contributed by atoms with E-state index in [-0.39, 0.29) is 19.0 Å². The minimum Gasteiger partial charge on any atom is -0.327 e. The molecule has 0 radical (unpaired) electrons. The van der Waals surface area contributed by atoms with Crippen molar-refractivity contribution in [1.82, 2.24) is 14.5 Å². The molecule has 15 heavy (non-hydrogen) atoms. The van der Waals surface area contributed by atoms with Crippen LogP contribution in [0.15, 0.2) is 18.7 Å². The highest BCUT2D eigenvalue weighted by Gasteiger charge is 2.22. The Morgan fingerprint density at radius 3 is 2.73 bits per heavy atom. The van der Waals surface area contributed by atoms with Crippen LogP contribution in [0.5, 0.6) is 0 Å². The van der Waals surface area contributed by atoms with Gasteiger partial charge in [0.2, 0.25) is 5.92 Å². The Hall–Kier alpha value is -1.46. The van der Waals surface area contributed by atoms with Gasteiger partial charge >= 0.3 is 6.03 Å². The van der Waals surface area contributed by atoms with E-state index in [9.17, 15) is 13.6 Å². The Balaban J connectivity index is 2.48. The van der Waals surface area contributed by atoms with E-state index in [1.165, 1.54) is 35.2 Å². The maximum absolute atomic E-state index is 12.5. The molecule has 4 nitrogen and oxygen atoms in total. The fraction of sp³-hybridized carbons (Fsp3) is 0.556. The van der Waals surface area contributed by atoms with Gasteiger partial charge in [0, 0.05) is 32.4 Å². The van der Waals surface area contributed by atoms with E-state index in [0.29, 0.717) is 0 Å². The molecule has 0 unspecified atom stereocenters. The first-order valence-electron chi connectivity index (χ1n) is 4.51. The van der Waals surface area contributed by atoms with Crippen LogP contribution in [0.1, 0.15) is 13.3 Å². The Morgan fingerprint density at radius 1 is 1.60 bits per heavy atom. The molecule has 0 fully saturated rings. The van der Waals surface area contributed by atoms with Crippen LogP contribution in [0, 0.1) is 0 Å². The maximum Gasteiger partial charge on any atom is 0.329 e. The highest BCUT2D eigenvalue weighted by atomic mass is 19.3. The third-order valence-corrected chi connectivity index (χ3v) is 1.94. The zero-order chi connectivity index (χ0) is 11.5. The average Bonchev–Trinajstić information content (AvgIpc) is 2.64. The second kappa shape index (κ2) is 4.37. The SMILES string of the molecule is CN(CCC(C)(F)F)C(=O)n1ccnc1. The van der Waals surface area contributed by atoms with Crippen molar-refractivity contribution in [3.63, 3.8) is 0 Å². The molecule has 0 saturated heterocycles. The second-order valence-corrected chi connectivity index (χ2v) is 3.49. The van der Waals surface area contributed by atoms with Gasteiger partial charge in [-0.05, 0) is 6.92 Å². The number of hydrogen-bond acceptors (Lipinski definition) is 2. The first-order chi connectivity index (χ1) is 6.90. The first-order valence-corrected chi connectivity index (χ1v) is 4.51. The maximum atomic E-state index is 12.5. The fourth-order valence-corrected chi connectivity index (χ4v) is 1.03.